The van der Waals surface area contributed by atoms with Crippen LogP contribution in [0.2, 0.25) is 0 Å². The fourth-order valence-electron chi connectivity index (χ4n) is 3.55. The smallest absolute Gasteiger partial charge is 0.369 e. The number of nitrogens with one attached hydrogen (secondary N) is 2. The second-order valence-corrected chi connectivity index (χ2v) is 7.69. The van der Waals surface area contributed by atoms with Gasteiger partial charge in [0.1, 0.15) is 0 Å². The Labute approximate surface area is 180 Å². The van der Waals surface area contributed by atoms with Crippen LogP contribution in [-0.2, 0) is 25.8 Å². The van der Waals surface area contributed by atoms with Gasteiger partial charge in [0.15, 0.2) is 0 Å². The van der Waals surface area contributed by atoms with E-state index in [4.69, 9.17) is 5.73 Å². The van der Waals surface area contributed by atoms with Gasteiger partial charge in [-0.05, 0) is 41.9 Å². The Morgan fingerprint density at radius 1 is 1.00 bits per heavy atom. The molecule has 0 atom stereocenters. The van der Waals surface area contributed by atoms with Crippen molar-refractivity contribution in [1.29, 1.82) is 0 Å². The number of carbonyl (C=O) groups excluding carboxylic acids is 1. The minimum Gasteiger partial charge on any atom is -0.369 e. The molecule has 2 aromatic carbocycles. The number of urea groups is 1. The summed E-state index contributed by atoms with van der Waals surface area (Å²) in [5, 5.41) is 5.42. The van der Waals surface area contributed by atoms with Crippen LogP contribution < -0.4 is 21.3 Å². The van der Waals surface area contributed by atoms with Gasteiger partial charge in [0.2, 0.25) is 0 Å². The number of nitrogens with zero attached hydrogens (tertiary/aromatic N) is 2. The molecule has 0 radical (unpaired) electrons. The van der Waals surface area contributed by atoms with E-state index in [0.717, 1.165) is 55.1 Å². The van der Waals surface area contributed by atoms with Crippen LogP contribution in [0, 0.1) is 0 Å². The van der Waals surface area contributed by atoms with E-state index in [0.29, 0.717) is 18.7 Å². The van der Waals surface area contributed by atoms with Crippen molar-refractivity contribution >= 4 is 11.7 Å². The second kappa shape index (κ2) is 10.0. The predicted octanol–water partition coefficient (Wildman–Crippen LogP) is 2.92. The first-order chi connectivity index (χ1) is 14.8. The molecule has 168 valence electrons. The molecule has 2 aromatic rings. The van der Waals surface area contributed by atoms with Crippen molar-refractivity contribution in [2.24, 2.45) is 5.73 Å². The summed E-state index contributed by atoms with van der Waals surface area (Å²) in [6, 6.07) is 10.8. The maximum atomic E-state index is 13.2. The number of nitrogens with two attached hydrogens (primary N) is 1. The first kappa shape index (κ1) is 22.9. The summed E-state index contributed by atoms with van der Waals surface area (Å²) in [6.07, 6.45) is -4.44. The first-order valence-electron chi connectivity index (χ1n) is 10.2. The number of alkyl halides is 3. The summed E-state index contributed by atoms with van der Waals surface area (Å²) in [5.74, 6) is 0. The van der Waals surface area contributed by atoms with Crippen molar-refractivity contribution in [2.45, 2.75) is 25.8 Å². The maximum Gasteiger partial charge on any atom is 0.416 e. The zero-order valence-electron chi connectivity index (χ0n) is 17.5. The standard InChI is InChI=1S/C22H28F3N5O/c1-29-7-9-30(10-8-29)20-6-5-19(22(23,24)25)12-18(20)15-28-21(31)27-14-17-4-2-3-16(11-17)13-26/h2-6,11-12H,7-10,13-15,26H2,1H3,(H2,27,28,31). The summed E-state index contributed by atoms with van der Waals surface area (Å²) in [4.78, 5) is 16.5. The molecular weight excluding hydrogens is 407 g/mol. The van der Waals surface area contributed by atoms with E-state index < -0.39 is 17.8 Å². The van der Waals surface area contributed by atoms with Crippen molar-refractivity contribution in [3.63, 3.8) is 0 Å². The van der Waals surface area contributed by atoms with Gasteiger partial charge in [-0.25, -0.2) is 4.79 Å². The van der Waals surface area contributed by atoms with Gasteiger partial charge in [0.25, 0.3) is 0 Å². The molecule has 3 rings (SSSR count). The highest BCUT2D eigenvalue weighted by Crippen LogP contribution is 2.33. The number of piperazine rings is 1. The third-order valence-electron chi connectivity index (χ3n) is 5.37. The molecule has 9 heteroatoms. The highest BCUT2D eigenvalue weighted by atomic mass is 19.4. The van der Waals surface area contributed by atoms with Crippen molar-refractivity contribution in [3.05, 3.63) is 64.7 Å². The fourth-order valence-corrected chi connectivity index (χ4v) is 3.55. The zero-order chi connectivity index (χ0) is 22.4. The summed E-state index contributed by atoms with van der Waals surface area (Å²) in [5.41, 5.74) is 7.93. The van der Waals surface area contributed by atoms with E-state index >= 15 is 0 Å². The SMILES string of the molecule is CN1CCN(c2ccc(C(F)(F)F)cc2CNC(=O)NCc2cccc(CN)c2)CC1. The molecule has 1 fully saturated rings. The van der Waals surface area contributed by atoms with Gasteiger partial charge in [0.05, 0.1) is 5.56 Å². The fraction of sp³-hybridized carbons (Fsp3) is 0.409. The minimum absolute atomic E-state index is 0.000264. The van der Waals surface area contributed by atoms with Crippen LogP contribution in [0.1, 0.15) is 22.3 Å². The van der Waals surface area contributed by atoms with Gasteiger partial charge in [0, 0.05) is 51.5 Å². The average molecular weight is 435 g/mol. The van der Waals surface area contributed by atoms with Gasteiger partial charge in [-0.3, -0.25) is 0 Å². The van der Waals surface area contributed by atoms with Gasteiger partial charge >= 0.3 is 12.2 Å². The van der Waals surface area contributed by atoms with Crippen molar-refractivity contribution in [2.75, 3.05) is 38.1 Å². The van der Waals surface area contributed by atoms with Crippen LogP contribution in [0.5, 0.6) is 0 Å². The van der Waals surface area contributed by atoms with Crippen LogP contribution in [0.25, 0.3) is 0 Å². The Balaban J connectivity index is 1.67. The van der Waals surface area contributed by atoms with Crippen molar-refractivity contribution in [1.82, 2.24) is 15.5 Å². The lowest BCUT2D eigenvalue weighted by Gasteiger charge is -2.35. The molecule has 0 saturated carbocycles. The second-order valence-electron chi connectivity index (χ2n) is 7.69. The number of benzene rings is 2. The van der Waals surface area contributed by atoms with E-state index in [1.165, 1.54) is 6.07 Å². The Bertz CT molecular complexity index is 895. The first-order valence-corrected chi connectivity index (χ1v) is 10.2. The molecule has 31 heavy (non-hydrogen) atoms. The predicted molar refractivity (Wildman–Crippen MR) is 115 cm³/mol. The molecule has 0 bridgehead atoms. The Kier molecular flexibility index (Phi) is 7.40. The summed E-state index contributed by atoms with van der Waals surface area (Å²) in [7, 11) is 2.01. The Hall–Kier alpha value is -2.78. The van der Waals surface area contributed by atoms with Gasteiger partial charge < -0.3 is 26.2 Å². The lowest BCUT2D eigenvalue weighted by atomic mass is 10.1. The zero-order valence-corrected chi connectivity index (χ0v) is 17.5. The summed E-state index contributed by atoms with van der Waals surface area (Å²) in [6.45, 7) is 3.81. The number of hydrogen-bond acceptors (Lipinski definition) is 4. The molecular formula is C22H28F3N5O. The van der Waals surface area contributed by atoms with Crippen LogP contribution in [0.15, 0.2) is 42.5 Å². The number of rotatable bonds is 6. The largest absolute Gasteiger partial charge is 0.416 e. The minimum atomic E-state index is -4.44. The molecule has 2 amide bonds. The number of likely N-dealkylation sites (N-methyl/N-ethyl adjacent to an activating group) is 1. The third kappa shape index (κ3) is 6.35. The van der Waals surface area contributed by atoms with Gasteiger partial charge in [-0.2, -0.15) is 13.2 Å². The van der Waals surface area contributed by atoms with Crippen LogP contribution in [-0.4, -0.2) is 44.2 Å². The molecule has 1 aliphatic rings. The lowest BCUT2D eigenvalue weighted by Crippen LogP contribution is -2.45. The average Bonchev–Trinajstić information content (AvgIpc) is 2.76. The Morgan fingerprint density at radius 3 is 2.35 bits per heavy atom. The molecule has 1 heterocycles. The van der Waals surface area contributed by atoms with Crippen molar-refractivity contribution < 1.29 is 18.0 Å². The maximum absolute atomic E-state index is 13.2. The van der Waals surface area contributed by atoms with Gasteiger partial charge in [-0.15, -0.1) is 0 Å². The number of amides is 2. The van der Waals surface area contributed by atoms with E-state index in [2.05, 4.69) is 20.4 Å². The molecule has 4 N–H and O–H groups in total. The monoisotopic (exact) mass is 435 g/mol. The molecule has 1 saturated heterocycles. The van der Waals surface area contributed by atoms with E-state index in [9.17, 15) is 18.0 Å². The molecule has 0 unspecified atom stereocenters. The van der Waals surface area contributed by atoms with E-state index in [1.54, 1.807) is 0 Å². The lowest BCUT2D eigenvalue weighted by molar-refractivity contribution is -0.137. The highest BCUT2D eigenvalue weighted by Gasteiger charge is 2.31. The van der Waals surface area contributed by atoms with Gasteiger partial charge in [-0.1, -0.05) is 24.3 Å². The number of carbonyl (C=O) groups is 1. The molecule has 0 spiro atoms. The summed E-state index contributed by atoms with van der Waals surface area (Å²) < 4.78 is 39.7. The molecule has 6 nitrogen and oxygen atoms in total. The van der Waals surface area contributed by atoms with Crippen LogP contribution >= 0.6 is 0 Å². The normalized spacial score (nSPS) is 15.1. The van der Waals surface area contributed by atoms with Crippen LogP contribution in [0.3, 0.4) is 0 Å². The number of halogens is 3. The number of hydrogen-bond donors (Lipinski definition) is 3. The quantitative estimate of drug-likeness (QED) is 0.653. The number of anilines is 1. The third-order valence-corrected chi connectivity index (χ3v) is 5.37. The Morgan fingerprint density at radius 2 is 1.68 bits per heavy atom. The highest BCUT2D eigenvalue weighted by molar-refractivity contribution is 5.74. The topological polar surface area (TPSA) is 73.6 Å². The molecule has 0 aliphatic carbocycles. The molecule has 1 aliphatic heterocycles. The molecule has 0 aromatic heterocycles. The van der Waals surface area contributed by atoms with Crippen molar-refractivity contribution in [3.8, 4) is 0 Å². The van der Waals surface area contributed by atoms with Crippen LogP contribution in [0.4, 0.5) is 23.7 Å². The van der Waals surface area contributed by atoms with E-state index in [-0.39, 0.29) is 6.54 Å². The summed E-state index contributed by atoms with van der Waals surface area (Å²) >= 11 is 0. The van der Waals surface area contributed by atoms with E-state index in [1.807, 2.05) is 31.3 Å².